The summed E-state index contributed by atoms with van der Waals surface area (Å²) in [4.78, 5) is 31.3. The number of hydrogen-bond acceptors (Lipinski definition) is 6. The SMILES string of the molecule is c1ccc(-c2nc(-c3ccccc3)nc(-n3c4ccccc4c4c3ccc3c5ccccc5n(-c5nc(-c6ccccc6)nc(-c6ccccc6-c6ccccc6)n5)c34)n2)cc1. The van der Waals surface area contributed by atoms with E-state index in [1.165, 1.54) is 0 Å². The molecule has 0 saturated carbocycles. The predicted octanol–water partition coefficient (Wildman–Crippen LogP) is 12.6. The molecular formula is C54H34N8. The van der Waals surface area contributed by atoms with E-state index in [1.54, 1.807) is 0 Å². The second-order valence-corrected chi connectivity index (χ2v) is 15.1. The van der Waals surface area contributed by atoms with Gasteiger partial charge in [0.05, 0.1) is 22.1 Å². The fourth-order valence-electron chi connectivity index (χ4n) is 8.68. The molecule has 8 heteroatoms. The fraction of sp³-hybridized carbons (Fsp3) is 0. The van der Waals surface area contributed by atoms with Crippen LogP contribution in [-0.4, -0.2) is 39.0 Å². The summed E-state index contributed by atoms with van der Waals surface area (Å²) in [6, 6.07) is 70.4. The lowest BCUT2D eigenvalue weighted by Gasteiger charge is -2.14. The number of rotatable bonds is 7. The van der Waals surface area contributed by atoms with E-state index in [4.69, 9.17) is 29.9 Å². The van der Waals surface area contributed by atoms with E-state index >= 15 is 0 Å². The van der Waals surface area contributed by atoms with E-state index in [-0.39, 0.29) is 0 Å². The zero-order valence-electron chi connectivity index (χ0n) is 33.2. The Hall–Kier alpha value is -8.62. The Morgan fingerprint density at radius 3 is 1.26 bits per heavy atom. The van der Waals surface area contributed by atoms with Gasteiger partial charge in [0.2, 0.25) is 11.9 Å². The zero-order valence-corrected chi connectivity index (χ0v) is 33.2. The van der Waals surface area contributed by atoms with Crippen molar-refractivity contribution in [2.45, 2.75) is 0 Å². The summed E-state index contributed by atoms with van der Waals surface area (Å²) in [7, 11) is 0. The van der Waals surface area contributed by atoms with Gasteiger partial charge in [-0.25, -0.2) is 9.97 Å². The maximum absolute atomic E-state index is 5.40. The summed E-state index contributed by atoms with van der Waals surface area (Å²) < 4.78 is 4.38. The minimum absolute atomic E-state index is 0.519. The van der Waals surface area contributed by atoms with Crippen molar-refractivity contribution in [3.8, 4) is 68.6 Å². The van der Waals surface area contributed by atoms with Gasteiger partial charge < -0.3 is 0 Å². The summed E-state index contributed by atoms with van der Waals surface area (Å²) in [5.74, 6) is 3.40. The molecule has 12 rings (SSSR count). The minimum Gasteiger partial charge on any atom is -0.278 e. The van der Waals surface area contributed by atoms with Gasteiger partial charge in [-0.15, -0.1) is 0 Å². The highest BCUT2D eigenvalue weighted by molar-refractivity contribution is 6.26. The topological polar surface area (TPSA) is 87.2 Å². The smallest absolute Gasteiger partial charge is 0.238 e. The third-order valence-electron chi connectivity index (χ3n) is 11.5. The van der Waals surface area contributed by atoms with E-state index in [9.17, 15) is 0 Å². The largest absolute Gasteiger partial charge is 0.278 e. The predicted molar refractivity (Wildman–Crippen MR) is 249 cm³/mol. The molecule has 0 saturated heterocycles. The van der Waals surface area contributed by atoms with Gasteiger partial charge in [0.25, 0.3) is 0 Å². The molecule has 0 aliphatic carbocycles. The van der Waals surface area contributed by atoms with Gasteiger partial charge in [-0.1, -0.05) is 188 Å². The molecule has 0 amide bonds. The Morgan fingerprint density at radius 2 is 0.677 bits per heavy atom. The molecule has 8 aromatic carbocycles. The van der Waals surface area contributed by atoms with E-state index in [2.05, 4.69) is 112 Å². The van der Waals surface area contributed by atoms with E-state index in [0.29, 0.717) is 35.2 Å². The molecule has 12 aromatic rings. The molecule has 0 aliphatic rings. The second kappa shape index (κ2) is 14.6. The maximum Gasteiger partial charge on any atom is 0.238 e. The van der Waals surface area contributed by atoms with Crippen LogP contribution in [-0.2, 0) is 0 Å². The average molecular weight is 795 g/mol. The number of nitrogens with zero attached hydrogens (tertiary/aromatic N) is 8. The standard InChI is InChI=1S/C54H34N8/c1-5-19-35(20-6-1)39-27-13-14-29-42(39)52-56-51(38-25-11-4-12-26-38)59-54(60-52)62-44-31-17-15-28-40(44)41-33-34-46-47(48(41)62)43-30-16-18-32-45(43)61(46)53-57-49(36-21-7-2-8-22-36)55-50(58-53)37-23-9-3-10-24-37/h1-34H. The van der Waals surface area contributed by atoms with Crippen molar-refractivity contribution in [3.05, 3.63) is 206 Å². The number of benzene rings is 8. The lowest BCUT2D eigenvalue weighted by atomic mass is 9.99. The molecule has 0 bridgehead atoms. The van der Waals surface area contributed by atoms with Gasteiger partial charge in [-0.05, 0) is 29.3 Å². The summed E-state index contributed by atoms with van der Waals surface area (Å²) >= 11 is 0. The first-order valence-corrected chi connectivity index (χ1v) is 20.6. The van der Waals surface area contributed by atoms with Crippen LogP contribution < -0.4 is 0 Å². The third-order valence-corrected chi connectivity index (χ3v) is 11.5. The van der Waals surface area contributed by atoms with Crippen LogP contribution in [0.4, 0.5) is 0 Å². The molecular weight excluding hydrogens is 761 g/mol. The quantitative estimate of drug-likeness (QED) is 0.160. The first-order valence-electron chi connectivity index (χ1n) is 20.6. The van der Waals surface area contributed by atoms with Crippen molar-refractivity contribution in [1.29, 1.82) is 0 Å². The van der Waals surface area contributed by atoms with Crippen molar-refractivity contribution in [2.75, 3.05) is 0 Å². The number of fused-ring (bicyclic) bond motifs is 7. The molecule has 0 unspecified atom stereocenters. The third kappa shape index (κ3) is 5.84. The summed E-state index contributed by atoms with van der Waals surface area (Å²) in [5.41, 5.74) is 9.63. The van der Waals surface area contributed by atoms with Crippen molar-refractivity contribution in [3.63, 3.8) is 0 Å². The molecule has 0 atom stereocenters. The highest BCUT2D eigenvalue weighted by Gasteiger charge is 2.25. The lowest BCUT2D eigenvalue weighted by molar-refractivity contribution is 0.951. The Bertz CT molecular complexity index is 3560. The van der Waals surface area contributed by atoms with Crippen LogP contribution in [0.3, 0.4) is 0 Å². The molecule has 4 aromatic heterocycles. The monoisotopic (exact) mass is 794 g/mol. The van der Waals surface area contributed by atoms with E-state index in [1.807, 2.05) is 103 Å². The van der Waals surface area contributed by atoms with Crippen LogP contribution >= 0.6 is 0 Å². The van der Waals surface area contributed by atoms with E-state index in [0.717, 1.165) is 77.0 Å². The van der Waals surface area contributed by atoms with Crippen LogP contribution in [0.15, 0.2) is 206 Å². The number of aromatic nitrogens is 8. The molecule has 0 aliphatic heterocycles. The van der Waals surface area contributed by atoms with Gasteiger partial charge in [-0.2, -0.15) is 19.9 Å². The van der Waals surface area contributed by atoms with Crippen molar-refractivity contribution in [1.82, 2.24) is 39.0 Å². The van der Waals surface area contributed by atoms with Gasteiger partial charge in [0.15, 0.2) is 23.3 Å². The van der Waals surface area contributed by atoms with E-state index < -0.39 is 0 Å². The Kier molecular flexibility index (Phi) is 8.31. The molecule has 0 fully saturated rings. The van der Waals surface area contributed by atoms with Gasteiger partial charge >= 0.3 is 0 Å². The second-order valence-electron chi connectivity index (χ2n) is 15.1. The van der Waals surface area contributed by atoms with Gasteiger partial charge in [0.1, 0.15) is 0 Å². The lowest BCUT2D eigenvalue weighted by Crippen LogP contribution is -2.07. The zero-order chi connectivity index (χ0) is 41.0. The van der Waals surface area contributed by atoms with Gasteiger partial charge in [0, 0.05) is 43.8 Å². The Balaban J connectivity index is 1.18. The number of hydrogen-bond donors (Lipinski definition) is 0. The number of para-hydroxylation sites is 2. The highest BCUT2D eigenvalue weighted by atomic mass is 15.2. The van der Waals surface area contributed by atoms with Crippen molar-refractivity contribution >= 4 is 43.6 Å². The highest BCUT2D eigenvalue weighted by Crippen LogP contribution is 2.42. The normalized spacial score (nSPS) is 11.5. The summed E-state index contributed by atoms with van der Waals surface area (Å²) in [5, 5.41) is 4.25. The Labute approximate surface area is 356 Å². The fourth-order valence-corrected chi connectivity index (χ4v) is 8.68. The maximum atomic E-state index is 5.40. The molecule has 8 nitrogen and oxygen atoms in total. The first-order chi connectivity index (χ1) is 30.8. The molecule has 62 heavy (non-hydrogen) atoms. The molecule has 4 heterocycles. The Morgan fingerprint density at radius 1 is 0.258 bits per heavy atom. The van der Waals surface area contributed by atoms with Crippen molar-refractivity contribution in [2.24, 2.45) is 0 Å². The average Bonchev–Trinajstić information content (AvgIpc) is 3.88. The molecule has 290 valence electrons. The summed E-state index contributed by atoms with van der Waals surface area (Å²) in [6.07, 6.45) is 0. The minimum atomic E-state index is 0.519. The van der Waals surface area contributed by atoms with Crippen molar-refractivity contribution < 1.29 is 0 Å². The molecule has 0 N–H and O–H groups in total. The van der Waals surface area contributed by atoms with Crippen LogP contribution in [0.1, 0.15) is 0 Å². The van der Waals surface area contributed by atoms with Crippen LogP contribution in [0.5, 0.6) is 0 Å². The first kappa shape index (κ1) is 35.3. The summed E-state index contributed by atoms with van der Waals surface area (Å²) in [6.45, 7) is 0. The molecule has 0 radical (unpaired) electrons. The molecule has 0 spiro atoms. The van der Waals surface area contributed by atoms with Crippen LogP contribution in [0.2, 0.25) is 0 Å². The van der Waals surface area contributed by atoms with Gasteiger partial charge in [-0.3, -0.25) is 9.13 Å². The van der Waals surface area contributed by atoms with Crippen LogP contribution in [0, 0.1) is 0 Å². The van der Waals surface area contributed by atoms with Crippen LogP contribution in [0.25, 0.3) is 112 Å².